The minimum atomic E-state index is -4.71. The van der Waals surface area contributed by atoms with Crippen molar-refractivity contribution in [2.75, 3.05) is 26.5 Å². The van der Waals surface area contributed by atoms with Crippen molar-refractivity contribution in [2.24, 2.45) is 11.2 Å². The highest BCUT2D eigenvalue weighted by Gasteiger charge is 2.36. The molecule has 242 valence electrons. The molecular formula is C27H29F3N6O8S. The molecule has 1 N–H and O–H groups in total. The number of nitrogens with one attached hydrogen (secondary N) is 1. The number of carbonyl (C=O) groups is 2. The summed E-state index contributed by atoms with van der Waals surface area (Å²) >= 11 is 0. The summed E-state index contributed by atoms with van der Waals surface area (Å²) in [5.41, 5.74) is 0.554. The van der Waals surface area contributed by atoms with E-state index >= 15 is 0 Å². The number of amides is 1. The smallest absolute Gasteiger partial charge is 0.511 e. The van der Waals surface area contributed by atoms with Crippen LogP contribution in [0.15, 0.2) is 64.8 Å². The van der Waals surface area contributed by atoms with Gasteiger partial charge in [-0.05, 0) is 57.0 Å². The van der Waals surface area contributed by atoms with Crippen molar-refractivity contribution < 1.29 is 50.5 Å². The second-order valence-corrected chi connectivity index (χ2v) is 11.5. The van der Waals surface area contributed by atoms with Crippen LogP contribution in [-0.2, 0) is 35.3 Å². The van der Waals surface area contributed by atoms with Crippen LogP contribution in [0, 0.1) is 18.0 Å². The number of sulfonamides is 1. The molecule has 1 fully saturated rings. The molecule has 0 aliphatic carbocycles. The number of rotatable bonds is 10. The standard InChI is InChI=1S/C27H29F3N6O8S/c1-3-42-26(38)43-17-44-33-36(39)34-14-4-5-20(16-34)25(37)32-45(40,41)22-12-10-21(11-13-22)35-23(15-24(31-35)27(28,29)30)19-8-6-18(2)7-9-19/h6-13,15,20H,3-5,14,16-17H2,1-2H3,(H,32,37)/b36-33-. The first kappa shape index (κ1) is 33.0. The molecule has 2 aromatic carbocycles. The van der Waals surface area contributed by atoms with Gasteiger partial charge in [-0.15, -0.1) is 5.01 Å². The Kier molecular flexibility index (Phi) is 10.2. The molecule has 0 bridgehead atoms. The second-order valence-electron chi connectivity index (χ2n) is 9.81. The lowest BCUT2D eigenvalue weighted by molar-refractivity contribution is -0.714. The number of hydrogen-bond donors (Lipinski definition) is 1. The third-order valence-corrected chi connectivity index (χ3v) is 7.97. The minimum Gasteiger partial charge on any atom is -0.569 e. The number of aryl methyl sites for hydroxylation is 1. The Morgan fingerprint density at radius 3 is 2.47 bits per heavy atom. The zero-order chi connectivity index (χ0) is 32.8. The predicted octanol–water partition coefficient (Wildman–Crippen LogP) is 4.32. The molecule has 3 aromatic rings. The van der Waals surface area contributed by atoms with E-state index in [0.29, 0.717) is 12.0 Å². The monoisotopic (exact) mass is 654 g/mol. The van der Waals surface area contributed by atoms with E-state index in [1.54, 1.807) is 31.2 Å². The predicted molar refractivity (Wildman–Crippen MR) is 148 cm³/mol. The number of piperidine rings is 1. The number of aromatic nitrogens is 2. The van der Waals surface area contributed by atoms with Crippen molar-refractivity contribution in [3.05, 3.63) is 71.1 Å². The first-order chi connectivity index (χ1) is 21.3. The molecule has 0 radical (unpaired) electrons. The molecule has 0 spiro atoms. The van der Waals surface area contributed by atoms with Crippen LogP contribution in [0.25, 0.3) is 16.9 Å². The highest BCUT2D eigenvalue weighted by atomic mass is 32.2. The van der Waals surface area contributed by atoms with E-state index in [9.17, 15) is 36.4 Å². The normalized spacial score (nSPS) is 15.8. The number of benzene rings is 2. The van der Waals surface area contributed by atoms with Crippen LogP contribution in [0.3, 0.4) is 0 Å². The zero-order valence-corrected chi connectivity index (χ0v) is 24.9. The molecule has 14 nitrogen and oxygen atoms in total. The maximum atomic E-state index is 13.5. The van der Waals surface area contributed by atoms with Crippen molar-refractivity contribution in [3.8, 4) is 16.9 Å². The first-order valence-electron chi connectivity index (χ1n) is 13.5. The molecule has 45 heavy (non-hydrogen) atoms. The Balaban J connectivity index is 1.44. The Labute approximate surface area is 255 Å². The van der Waals surface area contributed by atoms with Gasteiger partial charge >= 0.3 is 12.3 Å². The third-order valence-electron chi connectivity index (χ3n) is 6.61. The molecular weight excluding hydrogens is 625 g/mol. The minimum absolute atomic E-state index is 0.0610. The average molecular weight is 655 g/mol. The zero-order valence-electron chi connectivity index (χ0n) is 24.1. The number of hydrazine groups is 1. The van der Waals surface area contributed by atoms with E-state index < -0.39 is 46.7 Å². The number of halogens is 3. The Bertz CT molecular complexity index is 1640. The Morgan fingerprint density at radius 2 is 1.82 bits per heavy atom. The van der Waals surface area contributed by atoms with E-state index in [0.717, 1.165) is 33.5 Å². The van der Waals surface area contributed by atoms with Gasteiger partial charge in [0.2, 0.25) is 11.2 Å². The van der Waals surface area contributed by atoms with Crippen LogP contribution in [0.2, 0.25) is 0 Å². The van der Waals surface area contributed by atoms with Gasteiger partial charge in [-0.2, -0.15) is 18.3 Å². The molecule has 1 saturated heterocycles. The lowest BCUT2D eigenvalue weighted by Gasteiger charge is -2.27. The van der Waals surface area contributed by atoms with E-state index in [1.165, 1.54) is 12.1 Å². The summed E-state index contributed by atoms with van der Waals surface area (Å²) in [7, 11) is -4.39. The number of alkyl halides is 3. The van der Waals surface area contributed by atoms with Gasteiger partial charge in [0.05, 0.1) is 46.9 Å². The lowest BCUT2D eigenvalue weighted by atomic mass is 9.99. The highest BCUT2D eigenvalue weighted by Crippen LogP contribution is 2.33. The van der Waals surface area contributed by atoms with Gasteiger partial charge in [-0.1, -0.05) is 29.8 Å². The van der Waals surface area contributed by atoms with Gasteiger partial charge < -0.3 is 19.5 Å². The molecule has 2 heterocycles. The molecule has 1 atom stereocenters. The third kappa shape index (κ3) is 8.40. The van der Waals surface area contributed by atoms with Crippen LogP contribution in [0.4, 0.5) is 18.0 Å². The summed E-state index contributed by atoms with van der Waals surface area (Å²) in [4.78, 5) is 28.3. The number of ether oxygens (including phenoxy) is 2. The van der Waals surface area contributed by atoms with Crippen molar-refractivity contribution >= 4 is 22.1 Å². The first-order valence-corrected chi connectivity index (χ1v) is 15.0. The quantitative estimate of drug-likeness (QED) is 0.0830. The number of hydrogen-bond acceptors (Lipinski definition) is 10. The Morgan fingerprint density at radius 1 is 1.13 bits per heavy atom. The van der Waals surface area contributed by atoms with Crippen molar-refractivity contribution in [1.29, 1.82) is 0 Å². The van der Waals surface area contributed by atoms with E-state index in [1.807, 2.05) is 11.6 Å². The van der Waals surface area contributed by atoms with E-state index in [-0.39, 0.29) is 47.4 Å². The number of nitrogens with zero attached hydrogens (tertiary/aromatic N) is 5. The molecule has 0 saturated carbocycles. The molecule has 1 aliphatic rings. The molecule has 1 aromatic heterocycles. The molecule has 4 rings (SSSR count). The summed E-state index contributed by atoms with van der Waals surface area (Å²) in [6.45, 7) is 2.80. The molecule has 1 unspecified atom stereocenters. The Hall–Kier alpha value is -4.87. The summed E-state index contributed by atoms with van der Waals surface area (Å²) in [6.07, 6.45) is -5.09. The van der Waals surface area contributed by atoms with Gasteiger partial charge in [0.25, 0.3) is 16.8 Å². The van der Waals surface area contributed by atoms with Gasteiger partial charge in [-0.25, -0.2) is 22.6 Å². The maximum absolute atomic E-state index is 13.5. The summed E-state index contributed by atoms with van der Waals surface area (Å²) < 4.78 is 78.6. The SMILES string of the molecule is CCOC(=O)OCO/N=[N+](\[O-])N1CCCC(C(=O)NS(=O)(=O)c2ccc(-n3nc(C(F)(F)F)cc3-c3ccc(C)cc3)cc2)C1. The fraction of sp³-hybridized carbons (Fsp3) is 0.370. The summed E-state index contributed by atoms with van der Waals surface area (Å²) in [6, 6.07) is 12.5. The van der Waals surface area contributed by atoms with Gasteiger partial charge in [0.1, 0.15) is 0 Å². The average Bonchev–Trinajstić information content (AvgIpc) is 3.46. The van der Waals surface area contributed by atoms with Crippen LogP contribution >= 0.6 is 0 Å². The number of carbonyl (C=O) groups excluding carboxylic acids is 2. The topological polar surface area (TPSA) is 167 Å². The molecule has 18 heteroatoms. The molecule has 1 aliphatic heterocycles. The maximum Gasteiger partial charge on any atom is 0.511 e. The van der Waals surface area contributed by atoms with Crippen LogP contribution in [0.1, 0.15) is 31.0 Å². The van der Waals surface area contributed by atoms with Gasteiger partial charge in [-0.3, -0.25) is 4.79 Å². The summed E-state index contributed by atoms with van der Waals surface area (Å²) in [5, 5.41) is 20.3. The largest absolute Gasteiger partial charge is 0.569 e. The van der Waals surface area contributed by atoms with Crippen LogP contribution < -0.4 is 4.72 Å². The van der Waals surface area contributed by atoms with Crippen molar-refractivity contribution in [1.82, 2.24) is 19.5 Å². The van der Waals surface area contributed by atoms with E-state index in [4.69, 9.17) is 0 Å². The van der Waals surface area contributed by atoms with Gasteiger partial charge in [0.15, 0.2) is 5.69 Å². The van der Waals surface area contributed by atoms with Gasteiger partial charge in [0, 0.05) is 5.56 Å². The van der Waals surface area contributed by atoms with Crippen molar-refractivity contribution in [3.63, 3.8) is 0 Å². The highest BCUT2D eigenvalue weighted by molar-refractivity contribution is 7.90. The van der Waals surface area contributed by atoms with E-state index in [2.05, 4.69) is 24.7 Å². The fourth-order valence-electron chi connectivity index (χ4n) is 4.37. The van der Waals surface area contributed by atoms with Crippen molar-refractivity contribution in [2.45, 2.75) is 37.8 Å². The lowest BCUT2D eigenvalue weighted by Crippen LogP contribution is -2.46. The van der Waals surface area contributed by atoms with Crippen LogP contribution in [-0.4, -0.2) is 66.7 Å². The second kappa shape index (κ2) is 13.8. The fourth-order valence-corrected chi connectivity index (χ4v) is 5.42. The summed E-state index contributed by atoms with van der Waals surface area (Å²) in [5.74, 6) is -1.77. The molecule has 1 amide bonds. The van der Waals surface area contributed by atoms with Crippen LogP contribution in [0.5, 0.6) is 0 Å².